The van der Waals surface area contributed by atoms with Crippen LogP contribution < -0.4 is 16.6 Å². The summed E-state index contributed by atoms with van der Waals surface area (Å²) in [6, 6.07) is 7.55. The minimum absolute atomic E-state index is 0.172. The summed E-state index contributed by atoms with van der Waals surface area (Å²) in [6.45, 7) is 1.89. The minimum Gasteiger partial charge on any atom is -0.324 e. The van der Waals surface area contributed by atoms with Crippen LogP contribution in [0.3, 0.4) is 0 Å². The van der Waals surface area contributed by atoms with Gasteiger partial charge in [-0.05, 0) is 34.0 Å². The van der Waals surface area contributed by atoms with E-state index < -0.39 is 11.2 Å². The molecule has 1 aromatic heterocycles. The number of hydrogen-bond donors (Lipinski definition) is 2. The van der Waals surface area contributed by atoms with Gasteiger partial charge in [0.15, 0.2) is 0 Å². The van der Waals surface area contributed by atoms with Crippen molar-refractivity contribution in [2.45, 2.75) is 26.3 Å². The number of hydrogen-bond acceptors (Lipinski definition) is 3. The number of aryl methyl sites for hydroxylation is 1. The summed E-state index contributed by atoms with van der Waals surface area (Å²) < 4.78 is 1.34. The number of benzene rings is 1. The fourth-order valence-electron chi connectivity index (χ4n) is 2.07. The zero-order chi connectivity index (χ0) is 16.1. The van der Waals surface area contributed by atoms with Crippen LogP contribution in [0.4, 0.5) is 5.69 Å². The highest BCUT2D eigenvalue weighted by Gasteiger charge is 2.09. The number of anilines is 1. The van der Waals surface area contributed by atoms with E-state index in [2.05, 4.69) is 33.2 Å². The fourth-order valence-corrected chi connectivity index (χ4v) is 2.42. The third kappa shape index (κ3) is 3.94. The molecule has 1 amide bonds. The van der Waals surface area contributed by atoms with Gasteiger partial charge in [0.05, 0.1) is 4.47 Å². The summed E-state index contributed by atoms with van der Waals surface area (Å²) in [7, 11) is 0. The van der Waals surface area contributed by atoms with E-state index in [1.54, 1.807) is 0 Å². The van der Waals surface area contributed by atoms with Crippen molar-refractivity contribution in [2.75, 3.05) is 5.32 Å². The van der Waals surface area contributed by atoms with Crippen LogP contribution in [0.5, 0.6) is 0 Å². The molecule has 22 heavy (non-hydrogen) atoms. The molecule has 1 heterocycles. The summed E-state index contributed by atoms with van der Waals surface area (Å²) in [5, 5.41) is 2.80. The van der Waals surface area contributed by atoms with Gasteiger partial charge in [-0.1, -0.05) is 31.5 Å². The topological polar surface area (TPSA) is 84.0 Å². The summed E-state index contributed by atoms with van der Waals surface area (Å²) in [5.41, 5.74) is 0.652. The molecule has 0 bridgehead atoms. The van der Waals surface area contributed by atoms with E-state index >= 15 is 0 Å². The fraction of sp³-hybridized carbons (Fsp3) is 0.267. The predicted molar refractivity (Wildman–Crippen MR) is 88.1 cm³/mol. The van der Waals surface area contributed by atoms with Gasteiger partial charge in [0.25, 0.3) is 5.56 Å². The number of H-pyrrole nitrogens is 1. The molecule has 0 aliphatic heterocycles. The number of carbonyl (C=O) groups excluding carboxylic acids is 1. The van der Waals surface area contributed by atoms with E-state index in [9.17, 15) is 14.4 Å². The lowest BCUT2D eigenvalue weighted by atomic mass is 10.1. The molecule has 7 heteroatoms. The van der Waals surface area contributed by atoms with Gasteiger partial charge < -0.3 is 5.32 Å². The number of rotatable bonds is 5. The van der Waals surface area contributed by atoms with Crippen molar-refractivity contribution in [3.05, 3.63) is 61.3 Å². The second-order valence-electron chi connectivity index (χ2n) is 4.82. The average Bonchev–Trinajstić information content (AvgIpc) is 2.47. The van der Waals surface area contributed by atoms with Crippen molar-refractivity contribution in [1.82, 2.24) is 9.55 Å². The van der Waals surface area contributed by atoms with Crippen molar-refractivity contribution >= 4 is 27.5 Å². The molecule has 0 aliphatic rings. The Bertz CT molecular complexity index is 795. The summed E-state index contributed by atoms with van der Waals surface area (Å²) in [4.78, 5) is 37.2. The summed E-state index contributed by atoms with van der Waals surface area (Å²) >= 11 is 3.03. The first-order valence-corrected chi connectivity index (χ1v) is 7.67. The predicted octanol–water partition coefficient (Wildman–Crippen LogP) is 1.89. The lowest BCUT2D eigenvalue weighted by molar-refractivity contribution is -0.116. The molecule has 2 rings (SSSR count). The number of nitrogens with one attached hydrogen (secondary N) is 2. The Morgan fingerprint density at radius 2 is 2.05 bits per heavy atom. The molecule has 0 aliphatic carbocycles. The average molecular weight is 366 g/mol. The van der Waals surface area contributed by atoms with E-state index in [0.29, 0.717) is 0 Å². The summed E-state index contributed by atoms with van der Waals surface area (Å²) in [6.07, 6.45) is 3.14. The van der Waals surface area contributed by atoms with Crippen LogP contribution in [0.15, 0.2) is 44.5 Å². The van der Waals surface area contributed by atoms with Crippen LogP contribution in [-0.4, -0.2) is 15.5 Å². The van der Waals surface area contributed by atoms with E-state index in [-0.39, 0.29) is 16.9 Å². The van der Waals surface area contributed by atoms with Gasteiger partial charge >= 0.3 is 5.69 Å². The highest BCUT2D eigenvalue weighted by Crippen LogP contribution is 2.16. The quantitative estimate of drug-likeness (QED) is 0.848. The van der Waals surface area contributed by atoms with Crippen LogP contribution in [0, 0.1) is 0 Å². The SMILES string of the molecule is CCCc1ccccc1NC(=O)Cn1cc(Br)c(=O)[nH]c1=O. The molecule has 0 unspecified atom stereocenters. The Balaban J connectivity index is 2.16. The van der Waals surface area contributed by atoms with Gasteiger partial charge in [-0.2, -0.15) is 0 Å². The molecular weight excluding hydrogens is 350 g/mol. The van der Waals surface area contributed by atoms with E-state index in [1.807, 2.05) is 24.3 Å². The maximum atomic E-state index is 12.1. The number of aromatic amines is 1. The molecule has 0 saturated carbocycles. The largest absolute Gasteiger partial charge is 0.328 e. The normalized spacial score (nSPS) is 10.5. The molecule has 116 valence electrons. The van der Waals surface area contributed by atoms with Gasteiger partial charge in [-0.15, -0.1) is 0 Å². The number of carbonyl (C=O) groups is 1. The number of nitrogens with zero attached hydrogens (tertiary/aromatic N) is 1. The van der Waals surface area contributed by atoms with Gasteiger partial charge in [-0.25, -0.2) is 4.79 Å². The van der Waals surface area contributed by atoms with Gasteiger partial charge in [0, 0.05) is 11.9 Å². The van der Waals surface area contributed by atoms with Crippen LogP contribution >= 0.6 is 15.9 Å². The molecule has 0 atom stereocenters. The first-order valence-electron chi connectivity index (χ1n) is 6.88. The highest BCUT2D eigenvalue weighted by atomic mass is 79.9. The Kier molecular flexibility index (Phi) is 5.32. The number of para-hydroxylation sites is 1. The first-order chi connectivity index (χ1) is 10.5. The molecular formula is C15H16BrN3O3. The lowest BCUT2D eigenvalue weighted by Crippen LogP contribution is -2.33. The Morgan fingerprint density at radius 1 is 1.32 bits per heavy atom. The first kappa shape index (κ1) is 16.2. The Labute approximate surface area is 135 Å². The lowest BCUT2D eigenvalue weighted by Gasteiger charge is -2.11. The molecule has 0 saturated heterocycles. The second kappa shape index (κ2) is 7.22. The van der Waals surface area contributed by atoms with Crippen molar-refractivity contribution < 1.29 is 4.79 Å². The van der Waals surface area contributed by atoms with E-state index in [4.69, 9.17) is 0 Å². The van der Waals surface area contributed by atoms with Gasteiger partial charge in [0.1, 0.15) is 6.54 Å². The van der Waals surface area contributed by atoms with Crippen LogP contribution in [0.2, 0.25) is 0 Å². The van der Waals surface area contributed by atoms with Crippen molar-refractivity contribution in [3.8, 4) is 0 Å². The number of amides is 1. The standard InChI is InChI=1S/C15H16BrN3O3/c1-2-5-10-6-3-4-7-12(10)17-13(20)9-19-8-11(16)14(21)18-15(19)22/h3-4,6-8H,2,5,9H2,1H3,(H,17,20)(H,18,21,22). The van der Waals surface area contributed by atoms with E-state index in [0.717, 1.165) is 28.7 Å². The van der Waals surface area contributed by atoms with Crippen molar-refractivity contribution in [3.63, 3.8) is 0 Å². The third-order valence-corrected chi connectivity index (χ3v) is 3.66. The van der Waals surface area contributed by atoms with E-state index in [1.165, 1.54) is 6.20 Å². The molecule has 2 aromatic rings. The second-order valence-corrected chi connectivity index (χ2v) is 5.67. The maximum Gasteiger partial charge on any atom is 0.328 e. The molecule has 0 spiro atoms. The maximum absolute atomic E-state index is 12.1. The minimum atomic E-state index is -0.620. The third-order valence-electron chi connectivity index (χ3n) is 3.09. The van der Waals surface area contributed by atoms with Crippen LogP contribution in [0.25, 0.3) is 0 Å². The van der Waals surface area contributed by atoms with Crippen LogP contribution in [-0.2, 0) is 17.8 Å². The van der Waals surface area contributed by atoms with Crippen LogP contribution in [0.1, 0.15) is 18.9 Å². The highest BCUT2D eigenvalue weighted by molar-refractivity contribution is 9.10. The molecule has 2 N–H and O–H groups in total. The monoisotopic (exact) mass is 365 g/mol. The Morgan fingerprint density at radius 3 is 2.77 bits per heavy atom. The van der Waals surface area contributed by atoms with Crippen molar-refractivity contribution in [2.24, 2.45) is 0 Å². The Hall–Kier alpha value is -2.15. The van der Waals surface area contributed by atoms with Gasteiger partial charge in [0.2, 0.25) is 5.91 Å². The molecule has 1 aromatic carbocycles. The summed E-state index contributed by atoms with van der Waals surface area (Å²) in [5.74, 6) is -0.329. The number of aromatic nitrogens is 2. The molecule has 0 fully saturated rings. The number of halogens is 1. The zero-order valence-electron chi connectivity index (χ0n) is 12.1. The molecule has 0 radical (unpaired) electrons. The molecule has 6 nitrogen and oxygen atoms in total. The zero-order valence-corrected chi connectivity index (χ0v) is 13.6. The smallest absolute Gasteiger partial charge is 0.324 e. The van der Waals surface area contributed by atoms with Crippen molar-refractivity contribution in [1.29, 1.82) is 0 Å². The van der Waals surface area contributed by atoms with Gasteiger partial charge in [-0.3, -0.25) is 19.1 Å².